The van der Waals surface area contributed by atoms with Crippen molar-refractivity contribution in [3.05, 3.63) is 209 Å². The molecule has 0 saturated heterocycles. The van der Waals surface area contributed by atoms with Gasteiger partial charge in [0.1, 0.15) is 34.5 Å². The van der Waals surface area contributed by atoms with Gasteiger partial charge in [0, 0.05) is 95.8 Å². The summed E-state index contributed by atoms with van der Waals surface area (Å²) in [5.74, 6) is 0.892. The van der Waals surface area contributed by atoms with Gasteiger partial charge < -0.3 is 30.6 Å². The molecule has 13 heteroatoms. The molecule has 1 radical (unpaired) electrons. The molecule has 12 aromatic carbocycles. The van der Waals surface area contributed by atoms with Crippen LogP contribution in [-0.2, 0) is 0 Å². The van der Waals surface area contributed by atoms with Gasteiger partial charge in [-0.25, -0.2) is 0 Å². The zero-order valence-corrected chi connectivity index (χ0v) is 51.0. The zero-order valence-electron chi connectivity index (χ0n) is 37.8. The summed E-state index contributed by atoms with van der Waals surface area (Å²) in [6.45, 7) is 0. The van der Waals surface area contributed by atoms with Crippen LogP contribution in [-0.4, -0.2) is 30.6 Å². The van der Waals surface area contributed by atoms with Crippen LogP contribution in [0.2, 0.25) is 0 Å². The van der Waals surface area contributed by atoms with Gasteiger partial charge in [-0.2, -0.15) is 0 Å². The number of fused-ring (bicyclic) bond motifs is 6. The molecule has 0 amide bonds. The number of hydrogen-bond donors (Lipinski definition) is 6. The number of aromatic hydroxyl groups is 6. The minimum atomic E-state index is 0. The number of benzene rings is 12. The molecule has 12 rings (SSSR count). The Bertz CT molecular complexity index is 3480. The van der Waals surface area contributed by atoms with E-state index in [4.69, 9.17) is 0 Å². The third-order valence-electron chi connectivity index (χ3n) is 12.5. The van der Waals surface area contributed by atoms with Gasteiger partial charge in [0.15, 0.2) is 0 Å². The Hall–Kier alpha value is -4.93. The Kier molecular flexibility index (Phi) is 16.0. The first-order chi connectivity index (χ1) is 34.6. The number of hydrogen-bond acceptors (Lipinski definition) is 6. The minimum absolute atomic E-state index is 0. The van der Waals surface area contributed by atoms with E-state index in [1.807, 2.05) is 146 Å². The second-order valence-corrected chi connectivity index (χ2v) is 22.4. The van der Waals surface area contributed by atoms with Crippen LogP contribution < -0.4 is 0 Å². The fraction of sp³-hybridized carbons (Fsp3) is 0. The van der Waals surface area contributed by atoms with E-state index in [2.05, 4.69) is 95.6 Å². The van der Waals surface area contributed by atoms with Gasteiger partial charge in [-0.15, -0.1) is 0 Å². The molecule has 6 N–H and O–H groups in total. The van der Waals surface area contributed by atoms with Gasteiger partial charge in [-0.05, 0) is 174 Å². The zero-order chi connectivity index (χ0) is 50.5. The van der Waals surface area contributed by atoms with Gasteiger partial charge in [0.25, 0.3) is 0 Å². The van der Waals surface area contributed by atoms with E-state index < -0.39 is 0 Å². The molecule has 357 valence electrons. The minimum Gasteiger partial charge on any atom is -0.507 e. The summed E-state index contributed by atoms with van der Waals surface area (Å²) in [6, 6.07) is 56.5. The average Bonchev–Trinajstić information content (AvgIpc) is 3.35. The summed E-state index contributed by atoms with van der Waals surface area (Å²) >= 11 is 20.9. The van der Waals surface area contributed by atoms with E-state index in [0.717, 1.165) is 91.5 Å². The van der Waals surface area contributed by atoms with Crippen molar-refractivity contribution in [1.29, 1.82) is 0 Å². The predicted molar refractivity (Wildman–Crippen MR) is 317 cm³/mol. The Labute approximate surface area is 497 Å². The molecule has 0 spiro atoms. The molecule has 0 aromatic heterocycles. The van der Waals surface area contributed by atoms with E-state index in [1.165, 1.54) is 0 Å². The number of halogens is 6. The van der Waals surface area contributed by atoms with Crippen LogP contribution in [0.1, 0.15) is 0 Å². The third-order valence-corrected chi connectivity index (χ3v) is 15.5. The molecular weight excluding hydrogens is 1430 g/mol. The van der Waals surface area contributed by atoms with Gasteiger partial charge >= 0.3 is 0 Å². The van der Waals surface area contributed by atoms with Crippen LogP contribution in [0.25, 0.3) is 98.0 Å². The molecule has 0 heterocycles. The first-order valence-corrected chi connectivity index (χ1v) is 26.9. The van der Waals surface area contributed by atoms with Crippen LogP contribution in [0, 0.1) is 35.6 Å². The van der Waals surface area contributed by atoms with E-state index in [-0.39, 0.29) is 70.1 Å². The molecule has 6 nitrogen and oxygen atoms in total. The second-order valence-electron chi connectivity index (χ2n) is 17.0. The Morgan fingerprint density at radius 1 is 0.192 bits per heavy atom. The monoisotopic (exact) mass is 1460 g/mol. The Balaban J connectivity index is 0.000000134. The summed E-state index contributed by atoms with van der Waals surface area (Å²) in [5, 5.41) is 74.5. The normalized spacial score (nSPS) is 11.1. The third kappa shape index (κ3) is 10.7. The molecule has 73 heavy (non-hydrogen) atoms. The molecule has 0 unspecified atom stereocenters. The maximum absolute atomic E-state index is 10.5. The first-order valence-electron chi connectivity index (χ1n) is 22.1. The number of rotatable bonds is 3. The number of phenolic OH excluding ortho intramolecular Hbond substituents is 6. The fourth-order valence-electron chi connectivity index (χ4n) is 9.31. The SMILES string of the molecule is Oc1ccc2cc(Br)ccc2c1-c1c(O)ccc2cc(Br)ccc12.Oc1ccc2cc(Br)ccc2c1-c1c(O)ccc2cc(Br)ccc12.Oc1ccc2cc(Br)ccc2c1-c1c(O)ccc2cc(Br)ccc12.[La]. The van der Waals surface area contributed by atoms with Gasteiger partial charge in [-0.1, -0.05) is 168 Å². The van der Waals surface area contributed by atoms with Gasteiger partial charge in [0.2, 0.25) is 0 Å². The van der Waals surface area contributed by atoms with E-state index in [1.54, 1.807) is 36.4 Å². The topological polar surface area (TPSA) is 121 Å². The molecule has 0 aliphatic heterocycles. The van der Waals surface area contributed by atoms with E-state index in [0.29, 0.717) is 33.4 Å². The largest absolute Gasteiger partial charge is 0.507 e. The van der Waals surface area contributed by atoms with Crippen molar-refractivity contribution in [1.82, 2.24) is 0 Å². The second kappa shape index (κ2) is 22.1. The summed E-state index contributed by atoms with van der Waals surface area (Å²) < 4.78 is 5.82. The molecule has 0 aliphatic carbocycles. The molecule has 12 aromatic rings. The van der Waals surface area contributed by atoms with Crippen molar-refractivity contribution in [2.24, 2.45) is 0 Å². The van der Waals surface area contributed by atoms with Crippen molar-refractivity contribution in [3.63, 3.8) is 0 Å². The standard InChI is InChI=1S/3C20H12Br2O2.La/c3*21-13-3-5-15-11(9-13)1-7-17(23)19(15)20-16-6-4-14(22)10-12(16)2-8-18(20)24;/h3*1-10,23-24H;. The molecule has 0 bridgehead atoms. The molecule has 0 fully saturated rings. The van der Waals surface area contributed by atoms with E-state index in [9.17, 15) is 30.6 Å². The van der Waals surface area contributed by atoms with Gasteiger partial charge in [0.05, 0.1) is 0 Å². The van der Waals surface area contributed by atoms with Crippen LogP contribution in [0.15, 0.2) is 209 Å². The molecular formula is C60H36Br6LaO6. The van der Waals surface area contributed by atoms with E-state index >= 15 is 0 Å². The van der Waals surface area contributed by atoms with Crippen LogP contribution in [0.3, 0.4) is 0 Å². The predicted octanol–water partition coefficient (Wildman–Crippen LogP) is 19.8. The van der Waals surface area contributed by atoms with Crippen LogP contribution in [0.4, 0.5) is 0 Å². The Morgan fingerprint density at radius 2 is 0.329 bits per heavy atom. The van der Waals surface area contributed by atoms with Crippen molar-refractivity contribution < 1.29 is 66.2 Å². The van der Waals surface area contributed by atoms with Crippen molar-refractivity contribution in [2.75, 3.05) is 0 Å². The quantitative estimate of drug-likeness (QED) is 0.105. The smallest absolute Gasteiger partial charge is 0.124 e. The van der Waals surface area contributed by atoms with Crippen LogP contribution >= 0.6 is 95.6 Å². The van der Waals surface area contributed by atoms with Gasteiger partial charge in [-0.3, -0.25) is 0 Å². The maximum atomic E-state index is 10.5. The summed E-state index contributed by atoms with van der Waals surface area (Å²) in [5.41, 5.74) is 3.86. The molecule has 0 atom stereocenters. The van der Waals surface area contributed by atoms with Crippen LogP contribution in [0.5, 0.6) is 34.5 Å². The summed E-state index contributed by atoms with van der Waals surface area (Å²) in [7, 11) is 0. The van der Waals surface area contributed by atoms with Crippen molar-refractivity contribution >= 4 is 160 Å². The maximum Gasteiger partial charge on any atom is 0.124 e. The number of phenols is 6. The fourth-order valence-corrected chi connectivity index (χ4v) is 11.6. The first kappa shape index (κ1) is 52.9. The summed E-state index contributed by atoms with van der Waals surface area (Å²) in [4.78, 5) is 0. The molecule has 0 saturated carbocycles. The Morgan fingerprint density at radius 3 is 0.466 bits per heavy atom. The molecule has 0 aliphatic rings. The van der Waals surface area contributed by atoms with Crippen molar-refractivity contribution in [2.45, 2.75) is 0 Å². The summed E-state index contributed by atoms with van der Waals surface area (Å²) in [6.07, 6.45) is 0. The average molecular weight is 1470 g/mol. The van der Waals surface area contributed by atoms with Crippen molar-refractivity contribution in [3.8, 4) is 67.9 Å².